The van der Waals surface area contributed by atoms with Crippen LogP contribution in [-0.4, -0.2) is 33.2 Å². The van der Waals surface area contributed by atoms with E-state index in [-0.39, 0.29) is 10.8 Å². The van der Waals surface area contributed by atoms with Crippen LogP contribution in [0, 0.1) is 5.92 Å². The zero-order valence-corrected chi connectivity index (χ0v) is 13.6. The third-order valence-corrected chi connectivity index (χ3v) is 5.11. The summed E-state index contributed by atoms with van der Waals surface area (Å²) in [4.78, 5) is 0.138. The van der Waals surface area contributed by atoms with Crippen molar-refractivity contribution in [3.05, 3.63) is 18.2 Å². The minimum absolute atomic E-state index is 0.138. The van der Waals surface area contributed by atoms with E-state index in [0.29, 0.717) is 17.9 Å². The number of benzene rings is 1. The zero-order valence-electron chi connectivity index (χ0n) is 12.8. The quantitative estimate of drug-likeness (QED) is 0.543. The second-order valence-corrected chi connectivity index (χ2v) is 6.87. The molecule has 0 fully saturated rings. The Morgan fingerprint density at radius 1 is 1.29 bits per heavy atom. The van der Waals surface area contributed by atoms with Crippen LogP contribution < -0.4 is 15.8 Å². The van der Waals surface area contributed by atoms with E-state index < -0.39 is 16.1 Å². The van der Waals surface area contributed by atoms with Crippen molar-refractivity contribution in [3.8, 4) is 0 Å². The first-order valence-electron chi connectivity index (χ1n) is 7.10. The van der Waals surface area contributed by atoms with Crippen molar-refractivity contribution >= 4 is 21.4 Å². The average molecular weight is 315 g/mol. The number of hydrogen-bond donors (Lipinski definition) is 4. The van der Waals surface area contributed by atoms with Gasteiger partial charge in [0, 0.05) is 6.54 Å². The molecule has 0 aromatic heterocycles. The van der Waals surface area contributed by atoms with Crippen molar-refractivity contribution in [1.29, 1.82) is 0 Å². The van der Waals surface area contributed by atoms with Crippen LogP contribution in [0.25, 0.3) is 0 Å². The second-order valence-electron chi connectivity index (χ2n) is 4.98. The van der Waals surface area contributed by atoms with Crippen molar-refractivity contribution in [3.63, 3.8) is 0 Å². The van der Waals surface area contributed by atoms with Gasteiger partial charge in [0.25, 0.3) is 0 Å². The van der Waals surface area contributed by atoms with E-state index in [0.717, 1.165) is 12.8 Å². The Morgan fingerprint density at radius 2 is 1.90 bits per heavy atom. The highest BCUT2D eigenvalue weighted by Crippen LogP contribution is 2.23. The summed E-state index contributed by atoms with van der Waals surface area (Å²) in [6.45, 7) is 4.40. The van der Waals surface area contributed by atoms with Gasteiger partial charge in [-0.2, -0.15) is 0 Å². The molecule has 1 atom stereocenters. The molecule has 1 unspecified atom stereocenters. The molecule has 0 bridgehead atoms. The topological polar surface area (TPSA) is 104 Å². The lowest BCUT2D eigenvalue weighted by Crippen LogP contribution is -2.28. The Labute approximate surface area is 126 Å². The molecule has 0 aliphatic heterocycles. The van der Waals surface area contributed by atoms with Crippen LogP contribution in [0.5, 0.6) is 0 Å². The second kappa shape index (κ2) is 7.63. The predicted octanol–water partition coefficient (Wildman–Crippen LogP) is 1.39. The molecule has 0 aliphatic carbocycles. The van der Waals surface area contributed by atoms with Crippen molar-refractivity contribution < 1.29 is 13.5 Å². The van der Waals surface area contributed by atoms with E-state index in [1.54, 1.807) is 0 Å². The Hall–Kier alpha value is -1.31. The normalized spacial score (nSPS) is 13.4. The van der Waals surface area contributed by atoms with Crippen molar-refractivity contribution in [2.75, 3.05) is 24.6 Å². The third-order valence-electron chi connectivity index (χ3n) is 3.70. The number of aliphatic hydroxyl groups is 1. The number of hydrogen-bond acceptors (Lipinski definition) is 5. The first-order chi connectivity index (χ1) is 9.85. The maximum atomic E-state index is 11.8. The van der Waals surface area contributed by atoms with Crippen molar-refractivity contribution in [1.82, 2.24) is 4.72 Å². The smallest absolute Gasteiger partial charge is 0.240 e. The summed E-state index contributed by atoms with van der Waals surface area (Å²) in [6.07, 6.45) is 1.29. The van der Waals surface area contributed by atoms with Crippen LogP contribution in [0.15, 0.2) is 23.1 Å². The number of sulfonamides is 1. The van der Waals surface area contributed by atoms with Gasteiger partial charge in [-0.25, -0.2) is 13.1 Å². The van der Waals surface area contributed by atoms with Gasteiger partial charge in [0.05, 0.1) is 22.4 Å². The van der Waals surface area contributed by atoms with Gasteiger partial charge in [0.1, 0.15) is 0 Å². The zero-order chi connectivity index (χ0) is 16.0. The predicted molar refractivity (Wildman–Crippen MR) is 85.7 cm³/mol. The molecule has 0 spiro atoms. The van der Waals surface area contributed by atoms with Gasteiger partial charge in [-0.15, -0.1) is 0 Å². The van der Waals surface area contributed by atoms with E-state index in [2.05, 4.69) is 10.0 Å². The maximum absolute atomic E-state index is 11.8. The minimum Gasteiger partial charge on any atom is -0.397 e. The lowest BCUT2D eigenvalue weighted by molar-refractivity contribution is 0.114. The minimum atomic E-state index is -3.51. The van der Waals surface area contributed by atoms with Crippen molar-refractivity contribution in [2.45, 2.75) is 37.7 Å². The van der Waals surface area contributed by atoms with Gasteiger partial charge >= 0.3 is 0 Å². The molecule has 0 amide bonds. The third kappa shape index (κ3) is 4.59. The molecule has 7 heteroatoms. The summed E-state index contributed by atoms with van der Waals surface area (Å²) < 4.78 is 25.8. The molecule has 21 heavy (non-hydrogen) atoms. The van der Waals surface area contributed by atoms with E-state index in [4.69, 9.17) is 5.73 Å². The van der Waals surface area contributed by atoms with E-state index in [1.807, 2.05) is 13.8 Å². The molecular formula is C14H25N3O3S. The van der Waals surface area contributed by atoms with Gasteiger partial charge < -0.3 is 16.2 Å². The number of nitrogens with two attached hydrogens (primary N) is 1. The van der Waals surface area contributed by atoms with E-state index in [1.165, 1.54) is 25.2 Å². The standard InChI is InChI=1S/C14H25N3O3S/c1-4-10(5-2)14(18)9-17-13-8-11(6-7-12(13)15)21(19,20)16-3/h6-8,10,14,16-18H,4-5,9,15H2,1-3H3. The highest BCUT2D eigenvalue weighted by atomic mass is 32.2. The highest BCUT2D eigenvalue weighted by molar-refractivity contribution is 7.89. The molecule has 0 heterocycles. The fourth-order valence-corrected chi connectivity index (χ4v) is 2.94. The summed E-state index contributed by atoms with van der Waals surface area (Å²) >= 11 is 0. The molecule has 1 aromatic rings. The van der Waals surface area contributed by atoms with Gasteiger partial charge in [0.15, 0.2) is 0 Å². The lowest BCUT2D eigenvalue weighted by Gasteiger charge is -2.21. The summed E-state index contributed by atoms with van der Waals surface area (Å²) in [5.74, 6) is 0.211. The van der Waals surface area contributed by atoms with Crippen LogP contribution in [0.3, 0.4) is 0 Å². The highest BCUT2D eigenvalue weighted by Gasteiger charge is 2.17. The molecule has 6 nitrogen and oxygen atoms in total. The molecule has 0 saturated carbocycles. The molecule has 0 radical (unpaired) electrons. The SMILES string of the molecule is CCC(CC)C(O)CNc1cc(S(=O)(=O)NC)ccc1N. The molecule has 1 aromatic carbocycles. The van der Waals surface area contributed by atoms with Gasteiger partial charge in [-0.1, -0.05) is 26.7 Å². The van der Waals surface area contributed by atoms with Crippen LogP contribution in [0.1, 0.15) is 26.7 Å². The first kappa shape index (κ1) is 17.7. The Morgan fingerprint density at radius 3 is 2.43 bits per heavy atom. The van der Waals surface area contributed by atoms with Crippen LogP contribution in [0.4, 0.5) is 11.4 Å². The summed E-state index contributed by atoms with van der Waals surface area (Å²) in [5.41, 5.74) is 6.80. The molecule has 0 saturated heterocycles. The average Bonchev–Trinajstić information content (AvgIpc) is 2.47. The van der Waals surface area contributed by atoms with Gasteiger partial charge in [-0.05, 0) is 31.2 Å². The van der Waals surface area contributed by atoms with Crippen LogP contribution in [0.2, 0.25) is 0 Å². The fraction of sp³-hybridized carbons (Fsp3) is 0.571. The van der Waals surface area contributed by atoms with E-state index >= 15 is 0 Å². The summed E-state index contributed by atoms with van der Waals surface area (Å²) in [6, 6.07) is 4.46. The number of rotatable bonds is 8. The number of anilines is 2. The fourth-order valence-electron chi connectivity index (χ4n) is 2.19. The molecule has 0 aliphatic rings. The van der Waals surface area contributed by atoms with E-state index in [9.17, 15) is 13.5 Å². The number of aliphatic hydroxyl groups excluding tert-OH is 1. The van der Waals surface area contributed by atoms with Crippen LogP contribution in [-0.2, 0) is 10.0 Å². The molecular weight excluding hydrogens is 290 g/mol. The summed E-state index contributed by atoms with van der Waals surface area (Å²) in [7, 11) is -2.15. The summed E-state index contributed by atoms with van der Waals surface area (Å²) in [5, 5.41) is 13.1. The first-order valence-corrected chi connectivity index (χ1v) is 8.59. The maximum Gasteiger partial charge on any atom is 0.240 e. The Kier molecular flexibility index (Phi) is 6.44. The monoisotopic (exact) mass is 315 g/mol. The lowest BCUT2D eigenvalue weighted by atomic mass is 9.96. The van der Waals surface area contributed by atoms with Crippen LogP contribution >= 0.6 is 0 Å². The Bertz CT molecular complexity index is 557. The Balaban J connectivity index is 2.87. The molecule has 5 N–H and O–H groups in total. The van der Waals surface area contributed by atoms with Gasteiger partial charge in [0.2, 0.25) is 10.0 Å². The van der Waals surface area contributed by atoms with Gasteiger partial charge in [-0.3, -0.25) is 0 Å². The largest absolute Gasteiger partial charge is 0.397 e. The molecule has 120 valence electrons. The number of nitrogens with one attached hydrogen (secondary N) is 2. The number of nitrogen functional groups attached to an aromatic ring is 1. The molecule has 1 rings (SSSR count). The van der Waals surface area contributed by atoms with Crippen molar-refractivity contribution in [2.24, 2.45) is 5.92 Å².